The van der Waals surface area contributed by atoms with Gasteiger partial charge < -0.3 is 10.1 Å². The number of amides is 1. The maximum atomic E-state index is 13.6. The number of ether oxygens (including phenoxy) is 1. The van der Waals surface area contributed by atoms with E-state index in [1.165, 1.54) is 12.1 Å². The van der Waals surface area contributed by atoms with Crippen LogP contribution < -0.4 is 5.32 Å². The molecule has 0 unspecified atom stereocenters. The fourth-order valence-electron chi connectivity index (χ4n) is 2.10. The number of morpholine rings is 1. The predicted octanol–water partition coefficient (Wildman–Crippen LogP) is 1.88. The van der Waals surface area contributed by atoms with E-state index in [4.69, 9.17) is 4.74 Å². The molecule has 0 aliphatic carbocycles. The van der Waals surface area contributed by atoms with Crippen LogP contribution in [0.3, 0.4) is 0 Å². The Bertz CT molecular complexity index is 464. The number of benzene rings is 1. The highest BCUT2D eigenvalue weighted by Crippen LogP contribution is 2.12. The summed E-state index contributed by atoms with van der Waals surface area (Å²) in [5.41, 5.74) is 0.108. The number of rotatable bonds is 5. The molecule has 1 heterocycles. The number of carbonyl (C=O) groups is 1. The van der Waals surface area contributed by atoms with Gasteiger partial charge in [-0.3, -0.25) is 9.69 Å². The molecule has 1 saturated heterocycles. The van der Waals surface area contributed by atoms with Crippen LogP contribution in [0.4, 0.5) is 4.39 Å². The van der Waals surface area contributed by atoms with Gasteiger partial charge in [0.25, 0.3) is 5.91 Å². The fraction of sp³-hybridized carbons (Fsp3) is 0.500. The SMILES string of the molecule is O=C(NCCCN1CCOCC1)c1ccc(I)cc1F. The van der Waals surface area contributed by atoms with Crippen LogP contribution in [0.1, 0.15) is 16.8 Å². The van der Waals surface area contributed by atoms with Crippen molar-refractivity contribution >= 4 is 28.5 Å². The summed E-state index contributed by atoms with van der Waals surface area (Å²) in [6.45, 7) is 4.93. The largest absolute Gasteiger partial charge is 0.379 e. The molecule has 2 rings (SSSR count). The summed E-state index contributed by atoms with van der Waals surface area (Å²) < 4.78 is 19.7. The van der Waals surface area contributed by atoms with Crippen LogP contribution in [0, 0.1) is 9.39 Å². The fourth-order valence-corrected chi connectivity index (χ4v) is 2.55. The van der Waals surface area contributed by atoms with Gasteiger partial charge in [0, 0.05) is 23.2 Å². The van der Waals surface area contributed by atoms with E-state index in [-0.39, 0.29) is 11.5 Å². The Kier molecular flexibility index (Phi) is 6.18. The van der Waals surface area contributed by atoms with E-state index in [0.29, 0.717) is 6.54 Å². The van der Waals surface area contributed by atoms with Gasteiger partial charge in [0.05, 0.1) is 18.8 Å². The molecular weight excluding hydrogens is 374 g/mol. The number of halogens is 2. The normalized spacial score (nSPS) is 16.1. The summed E-state index contributed by atoms with van der Waals surface area (Å²) in [7, 11) is 0. The Morgan fingerprint density at radius 3 is 2.85 bits per heavy atom. The van der Waals surface area contributed by atoms with Gasteiger partial charge in [-0.25, -0.2) is 4.39 Å². The van der Waals surface area contributed by atoms with Gasteiger partial charge >= 0.3 is 0 Å². The van der Waals surface area contributed by atoms with E-state index in [1.54, 1.807) is 6.07 Å². The highest BCUT2D eigenvalue weighted by Gasteiger charge is 2.12. The van der Waals surface area contributed by atoms with Crippen LogP contribution >= 0.6 is 22.6 Å². The van der Waals surface area contributed by atoms with Crippen molar-refractivity contribution in [3.8, 4) is 0 Å². The molecule has 1 amide bonds. The molecule has 1 N–H and O–H groups in total. The topological polar surface area (TPSA) is 41.6 Å². The third-order valence-electron chi connectivity index (χ3n) is 3.22. The monoisotopic (exact) mass is 392 g/mol. The lowest BCUT2D eigenvalue weighted by Crippen LogP contribution is -2.38. The minimum atomic E-state index is -0.470. The second-order valence-electron chi connectivity index (χ2n) is 4.69. The quantitative estimate of drug-likeness (QED) is 0.615. The van der Waals surface area contributed by atoms with Crippen molar-refractivity contribution in [2.75, 3.05) is 39.4 Å². The Morgan fingerprint density at radius 1 is 1.40 bits per heavy atom. The number of nitrogens with zero attached hydrogens (tertiary/aromatic N) is 1. The molecule has 0 aromatic heterocycles. The zero-order valence-electron chi connectivity index (χ0n) is 11.2. The van der Waals surface area contributed by atoms with Crippen LogP contribution in [0.15, 0.2) is 18.2 Å². The highest BCUT2D eigenvalue weighted by atomic mass is 127. The maximum absolute atomic E-state index is 13.6. The molecule has 0 bridgehead atoms. The van der Waals surface area contributed by atoms with E-state index < -0.39 is 5.82 Å². The number of nitrogens with one attached hydrogen (secondary N) is 1. The molecule has 1 aliphatic heterocycles. The molecule has 0 spiro atoms. The molecular formula is C14H18FIN2O2. The summed E-state index contributed by atoms with van der Waals surface area (Å²) >= 11 is 2.02. The second-order valence-corrected chi connectivity index (χ2v) is 5.93. The average Bonchev–Trinajstić information content (AvgIpc) is 2.44. The minimum absolute atomic E-state index is 0.108. The highest BCUT2D eigenvalue weighted by molar-refractivity contribution is 14.1. The van der Waals surface area contributed by atoms with E-state index in [9.17, 15) is 9.18 Å². The molecule has 1 aliphatic rings. The van der Waals surface area contributed by atoms with Gasteiger partial charge in [0.1, 0.15) is 5.82 Å². The lowest BCUT2D eigenvalue weighted by atomic mass is 10.2. The van der Waals surface area contributed by atoms with Crippen molar-refractivity contribution in [3.63, 3.8) is 0 Å². The lowest BCUT2D eigenvalue weighted by Gasteiger charge is -2.26. The van der Waals surface area contributed by atoms with Gasteiger partial charge in [0.2, 0.25) is 0 Å². The lowest BCUT2D eigenvalue weighted by molar-refractivity contribution is 0.0374. The summed E-state index contributed by atoms with van der Waals surface area (Å²) in [5, 5.41) is 2.76. The van der Waals surface area contributed by atoms with E-state index in [2.05, 4.69) is 10.2 Å². The molecule has 0 saturated carbocycles. The number of hydrogen-bond acceptors (Lipinski definition) is 3. The van der Waals surface area contributed by atoms with Crippen molar-refractivity contribution in [3.05, 3.63) is 33.1 Å². The van der Waals surface area contributed by atoms with Crippen LogP contribution in [0.5, 0.6) is 0 Å². The van der Waals surface area contributed by atoms with Gasteiger partial charge in [-0.1, -0.05) is 0 Å². The molecule has 4 nitrogen and oxygen atoms in total. The second kappa shape index (κ2) is 7.90. The molecule has 110 valence electrons. The van der Waals surface area contributed by atoms with Gasteiger partial charge in [-0.05, 0) is 53.8 Å². The Balaban J connectivity index is 1.72. The Hall–Kier alpha value is -0.730. The molecule has 20 heavy (non-hydrogen) atoms. The smallest absolute Gasteiger partial charge is 0.254 e. The van der Waals surface area contributed by atoms with E-state index in [1.807, 2.05) is 22.6 Å². The molecule has 0 radical (unpaired) electrons. The van der Waals surface area contributed by atoms with Crippen molar-refractivity contribution in [1.29, 1.82) is 0 Å². The van der Waals surface area contributed by atoms with Crippen molar-refractivity contribution in [2.45, 2.75) is 6.42 Å². The molecule has 1 fully saturated rings. The van der Waals surface area contributed by atoms with E-state index >= 15 is 0 Å². The first-order valence-corrected chi connectivity index (χ1v) is 7.78. The first-order chi connectivity index (χ1) is 9.66. The van der Waals surface area contributed by atoms with Crippen LogP contribution in [0.25, 0.3) is 0 Å². The number of hydrogen-bond donors (Lipinski definition) is 1. The zero-order valence-corrected chi connectivity index (χ0v) is 13.4. The van der Waals surface area contributed by atoms with Crippen LogP contribution in [-0.4, -0.2) is 50.2 Å². The zero-order chi connectivity index (χ0) is 14.4. The van der Waals surface area contributed by atoms with Crippen molar-refractivity contribution in [1.82, 2.24) is 10.2 Å². The van der Waals surface area contributed by atoms with Gasteiger partial charge in [0.15, 0.2) is 0 Å². The van der Waals surface area contributed by atoms with Gasteiger partial charge in [-0.15, -0.1) is 0 Å². The number of carbonyl (C=O) groups excluding carboxylic acids is 1. The average molecular weight is 392 g/mol. The molecule has 0 atom stereocenters. The Labute approximate surface area is 131 Å². The van der Waals surface area contributed by atoms with Gasteiger partial charge in [-0.2, -0.15) is 0 Å². The molecule has 1 aromatic rings. The minimum Gasteiger partial charge on any atom is -0.379 e. The van der Waals surface area contributed by atoms with Crippen molar-refractivity contribution in [2.24, 2.45) is 0 Å². The summed E-state index contributed by atoms with van der Waals surface area (Å²) in [5.74, 6) is -0.816. The van der Waals surface area contributed by atoms with Crippen LogP contribution in [0.2, 0.25) is 0 Å². The third kappa shape index (κ3) is 4.68. The first kappa shape index (κ1) is 15.7. The molecule has 6 heteroatoms. The maximum Gasteiger partial charge on any atom is 0.254 e. The molecule has 1 aromatic carbocycles. The first-order valence-electron chi connectivity index (χ1n) is 6.70. The van der Waals surface area contributed by atoms with Crippen LogP contribution in [-0.2, 0) is 4.74 Å². The summed E-state index contributed by atoms with van der Waals surface area (Å²) in [4.78, 5) is 14.1. The predicted molar refractivity (Wildman–Crippen MR) is 83.3 cm³/mol. The van der Waals surface area contributed by atoms with E-state index in [0.717, 1.165) is 42.8 Å². The summed E-state index contributed by atoms with van der Waals surface area (Å²) in [6, 6.07) is 4.61. The summed E-state index contributed by atoms with van der Waals surface area (Å²) in [6.07, 6.45) is 0.859. The van der Waals surface area contributed by atoms with Crippen molar-refractivity contribution < 1.29 is 13.9 Å². The third-order valence-corrected chi connectivity index (χ3v) is 3.89. The standard InChI is InChI=1S/C14H18FIN2O2/c15-13-10-11(16)2-3-12(13)14(19)17-4-1-5-18-6-8-20-9-7-18/h2-3,10H,1,4-9H2,(H,17,19). The Morgan fingerprint density at radius 2 is 2.15 bits per heavy atom.